The molecule has 0 saturated carbocycles. The van der Waals surface area contributed by atoms with Gasteiger partial charge in [0.15, 0.2) is 11.5 Å². The van der Waals surface area contributed by atoms with Crippen molar-refractivity contribution in [3.05, 3.63) is 45.6 Å². The van der Waals surface area contributed by atoms with Crippen LogP contribution in [0.15, 0.2) is 29.1 Å². The van der Waals surface area contributed by atoms with Gasteiger partial charge in [-0.15, -0.1) is 0 Å². The van der Waals surface area contributed by atoms with Crippen LogP contribution in [0.4, 0.5) is 4.39 Å². The lowest BCUT2D eigenvalue weighted by atomic mass is 10.0. The second-order valence-corrected chi connectivity index (χ2v) is 5.52. The summed E-state index contributed by atoms with van der Waals surface area (Å²) in [6.07, 6.45) is 0. The smallest absolute Gasteiger partial charge is 0.346 e. The zero-order chi connectivity index (χ0) is 18.1. The molecule has 0 atom stereocenters. The lowest BCUT2D eigenvalue weighted by Crippen LogP contribution is -2.13. The van der Waals surface area contributed by atoms with E-state index in [2.05, 4.69) is 9.97 Å². The molecular weight excluding hydrogens is 351 g/mol. The molecular formula is C17H14ClFN2O4. The Labute approximate surface area is 147 Å². The predicted molar refractivity (Wildman–Crippen MR) is 92.4 cm³/mol. The Hall–Kier alpha value is -2.80. The highest BCUT2D eigenvalue weighted by atomic mass is 35.5. The quantitative estimate of drug-likeness (QED) is 0.768. The van der Waals surface area contributed by atoms with Gasteiger partial charge in [-0.05, 0) is 24.3 Å². The summed E-state index contributed by atoms with van der Waals surface area (Å²) in [4.78, 5) is 18.6. The summed E-state index contributed by atoms with van der Waals surface area (Å²) in [5, 5.41) is 0.745. The first kappa shape index (κ1) is 17.0. The molecule has 6 nitrogen and oxygen atoms in total. The van der Waals surface area contributed by atoms with Gasteiger partial charge < -0.3 is 19.2 Å². The van der Waals surface area contributed by atoms with Gasteiger partial charge in [-0.1, -0.05) is 11.6 Å². The van der Waals surface area contributed by atoms with Crippen molar-refractivity contribution in [3.63, 3.8) is 0 Å². The molecule has 1 heterocycles. The van der Waals surface area contributed by atoms with E-state index >= 15 is 0 Å². The van der Waals surface area contributed by atoms with E-state index in [0.29, 0.717) is 27.4 Å². The predicted octanol–water partition coefficient (Wildman–Crippen LogP) is 3.41. The number of halogens is 2. The van der Waals surface area contributed by atoms with E-state index in [1.807, 2.05) is 0 Å². The fourth-order valence-corrected chi connectivity index (χ4v) is 2.82. The Morgan fingerprint density at radius 3 is 2.44 bits per heavy atom. The zero-order valence-electron chi connectivity index (χ0n) is 13.6. The first-order valence-electron chi connectivity index (χ1n) is 7.18. The van der Waals surface area contributed by atoms with Crippen LogP contribution in [0.1, 0.15) is 0 Å². The Kier molecular flexibility index (Phi) is 4.50. The lowest BCUT2D eigenvalue weighted by molar-refractivity contribution is 0.327. The van der Waals surface area contributed by atoms with Gasteiger partial charge >= 0.3 is 5.69 Å². The third-order valence-electron chi connectivity index (χ3n) is 3.71. The minimum Gasteiger partial charge on any atom is -0.493 e. The number of ether oxygens (including phenoxy) is 3. The number of hydrogen-bond donors (Lipinski definition) is 1. The van der Waals surface area contributed by atoms with E-state index in [1.54, 1.807) is 6.07 Å². The van der Waals surface area contributed by atoms with Crippen molar-refractivity contribution in [2.75, 3.05) is 21.3 Å². The number of aromatic amines is 1. The van der Waals surface area contributed by atoms with Crippen molar-refractivity contribution in [1.29, 1.82) is 0 Å². The third-order valence-corrected chi connectivity index (χ3v) is 3.95. The van der Waals surface area contributed by atoms with Gasteiger partial charge in [-0.3, -0.25) is 0 Å². The highest BCUT2D eigenvalue weighted by Gasteiger charge is 2.21. The summed E-state index contributed by atoms with van der Waals surface area (Å²) in [5.74, 6) is 0.346. The lowest BCUT2D eigenvalue weighted by Gasteiger charge is -2.16. The monoisotopic (exact) mass is 364 g/mol. The number of nitrogens with zero attached hydrogens (tertiary/aromatic N) is 1. The normalized spacial score (nSPS) is 10.8. The average Bonchev–Trinajstić information content (AvgIpc) is 2.61. The van der Waals surface area contributed by atoms with Crippen molar-refractivity contribution in [2.45, 2.75) is 0 Å². The van der Waals surface area contributed by atoms with E-state index in [1.165, 1.54) is 39.5 Å². The molecule has 2 aromatic carbocycles. The first-order chi connectivity index (χ1) is 12.0. The SMILES string of the molecule is COc1cc2c(-c3cc(Cl)ccc3F)nc(=O)[nH]c2c(OC)c1OC. The fraction of sp³-hybridized carbons (Fsp3) is 0.176. The van der Waals surface area contributed by atoms with E-state index in [-0.39, 0.29) is 17.0 Å². The van der Waals surface area contributed by atoms with E-state index < -0.39 is 11.5 Å². The van der Waals surface area contributed by atoms with Crippen LogP contribution < -0.4 is 19.9 Å². The number of benzene rings is 2. The summed E-state index contributed by atoms with van der Waals surface area (Å²) < 4.78 is 30.3. The molecule has 0 radical (unpaired) electrons. The van der Waals surface area contributed by atoms with Crippen LogP contribution in [0.5, 0.6) is 17.2 Å². The highest BCUT2D eigenvalue weighted by molar-refractivity contribution is 6.30. The van der Waals surface area contributed by atoms with Crippen LogP contribution in [0.25, 0.3) is 22.2 Å². The maximum absolute atomic E-state index is 14.3. The molecule has 25 heavy (non-hydrogen) atoms. The maximum Gasteiger partial charge on any atom is 0.346 e. The summed E-state index contributed by atoms with van der Waals surface area (Å²) >= 11 is 5.97. The molecule has 0 aliphatic rings. The van der Waals surface area contributed by atoms with Gasteiger partial charge in [0.2, 0.25) is 5.75 Å². The number of rotatable bonds is 4. The van der Waals surface area contributed by atoms with Crippen LogP contribution in [0.3, 0.4) is 0 Å². The van der Waals surface area contributed by atoms with Crippen LogP contribution in [0, 0.1) is 5.82 Å². The largest absolute Gasteiger partial charge is 0.493 e. The Balaban J connectivity index is 2.49. The second kappa shape index (κ2) is 6.60. The molecule has 0 saturated heterocycles. The Morgan fingerprint density at radius 2 is 1.80 bits per heavy atom. The standard InChI is InChI=1S/C17H14ClFN2O4/c1-23-12-7-10-13(9-6-8(18)4-5-11(9)19)20-17(22)21-14(10)16(25-3)15(12)24-2/h4-7H,1-3H3,(H,20,21,22). The number of fused-ring (bicyclic) bond motifs is 1. The van der Waals surface area contributed by atoms with Crippen LogP contribution in [-0.4, -0.2) is 31.3 Å². The Bertz CT molecular complexity index is 1020. The number of aromatic nitrogens is 2. The topological polar surface area (TPSA) is 73.4 Å². The minimum absolute atomic E-state index is 0.0953. The van der Waals surface area contributed by atoms with Crippen LogP contribution in [0.2, 0.25) is 5.02 Å². The molecule has 130 valence electrons. The van der Waals surface area contributed by atoms with Gasteiger partial charge in [0.1, 0.15) is 5.82 Å². The van der Waals surface area contributed by atoms with E-state index in [9.17, 15) is 9.18 Å². The summed E-state index contributed by atoms with van der Waals surface area (Å²) in [6, 6.07) is 5.63. The molecule has 0 bridgehead atoms. The summed E-state index contributed by atoms with van der Waals surface area (Å²) in [6.45, 7) is 0. The van der Waals surface area contributed by atoms with Crippen molar-refractivity contribution in [3.8, 4) is 28.5 Å². The van der Waals surface area contributed by atoms with Crippen molar-refractivity contribution in [1.82, 2.24) is 9.97 Å². The van der Waals surface area contributed by atoms with Gasteiger partial charge in [0.05, 0.1) is 32.5 Å². The van der Waals surface area contributed by atoms with Gasteiger partial charge in [-0.2, -0.15) is 4.98 Å². The zero-order valence-corrected chi connectivity index (χ0v) is 14.4. The molecule has 0 spiro atoms. The molecule has 8 heteroatoms. The van der Waals surface area contributed by atoms with E-state index in [4.69, 9.17) is 25.8 Å². The number of H-pyrrole nitrogens is 1. The van der Waals surface area contributed by atoms with Crippen molar-refractivity contribution >= 4 is 22.5 Å². The molecule has 3 aromatic rings. The van der Waals surface area contributed by atoms with Gasteiger partial charge in [0.25, 0.3) is 0 Å². The molecule has 1 aromatic heterocycles. The number of methoxy groups -OCH3 is 3. The van der Waals surface area contributed by atoms with E-state index in [0.717, 1.165) is 0 Å². The summed E-state index contributed by atoms with van der Waals surface area (Å²) in [5.41, 5.74) is -0.127. The maximum atomic E-state index is 14.3. The van der Waals surface area contributed by atoms with Crippen LogP contribution in [-0.2, 0) is 0 Å². The fourth-order valence-electron chi connectivity index (χ4n) is 2.65. The Morgan fingerprint density at radius 1 is 1.08 bits per heavy atom. The molecule has 0 unspecified atom stereocenters. The van der Waals surface area contributed by atoms with Crippen molar-refractivity contribution in [2.24, 2.45) is 0 Å². The molecule has 0 aliphatic heterocycles. The van der Waals surface area contributed by atoms with Gasteiger partial charge in [0, 0.05) is 16.0 Å². The van der Waals surface area contributed by atoms with Crippen molar-refractivity contribution < 1.29 is 18.6 Å². The number of nitrogens with one attached hydrogen (secondary N) is 1. The molecule has 1 N–H and O–H groups in total. The average molecular weight is 365 g/mol. The third kappa shape index (κ3) is 2.87. The summed E-state index contributed by atoms with van der Waals surface area (Å²) in [7, 11) is 4.33. The molecule has 0 aliphatic carbocycles. The van der Waals surface area contributed by atoms with Crippen LogP contribution >= 0.6 is 11.6 Å². The highest BCUT2D eigenvalue weighted by Crippen LogP contribution is 2.44. The minimum atomic E-state index is -0.660. The molecule has 3 rings (SSSR count). The van der Waals surface area contributed by atoms with Gasteiger partial charge in [-0.25, -0.2) is 9.18 Å². The molecule has 0 amide bonds. The number of hydrogen-bond acceptors (Lipinski definition) is 5. The first-order valence-corrected chi connectivity index (χ1v) is 7.56. The molecule has 0 fully saturated rings. The second-order valence-electron chi connectivity index (χ2n) is 5.08.